The monoisotopic (exact) mass is 402 g/mol. The Hall–Kier alpha value is -0.960. The van der Waals surface area contributed by atoms with Gasteiger partial charge in [-0.05, 0) is 43.9 Å². The molecule has 2 aliphatic carbocycles. The SMILES string of the molecule is O=S(=O)(OC1CCCCC1)c1cccc(S(=O)(=O)OC2CCCCC2)c1. The van der Waals surface area contributed by atoms with Crippen molar-refractivity contribution in [2.24, 2.45) is 0 Å². The van der Waals surface area contributed by atoms with Crippen LogP contribution in [-0.4, -0.2) is 29.0 Å². The number of rotatable bonds is 6. The van der Waals surface area contributed by atoms with Crippen molar-refractivity contribution in [3.63, 3.8) is 0 Å². The van der Waals surface area contributed by atoms with Crippen LogP contribution in [0.2, 0.25) is 0 Å². The summed E-state index contributed by atoms with van der Waals surface area (Å²) in [6.07, 6.45) is 8.16. The molecule has 8 heteroatoms. The molecule has 0 N–H and O–H groups in total. The second-order valence-corrected chi connectivity index (χ2v) is 10.2. The van der Waals surface area contributed by atoms with Gasteiger partial charge >= 0.3 is 0 Å². The van der Waals surface area contributed by atoms with Gasteiger partial charge < -0.3 is 0 Å². The fourth-order valence-electron chi connectivity index (χ4n) is 3.58. The van der Waals surface area contributed by atoms with Crippen LogP contribution in [0.25, 0.3) is 0 Å². The van der Waals surface area contributed by atoms with Gasteiger partial charge in [0.25, 0.3) is 20.2 Å². The molecule has 0 atom stereocenters. The average molecular weight is 403 g/mol. The van der Waals surface area contributed by atoms with E-state index in [4.69, 9.17) is 8.37 Å². The molecule has 3 rings (SSSR count). The molecule has 0 radical (unpaired) electrons. The Bertz CT molecular complexity index is 739. The minimum absolute atomic E-state index is 0.142. The van der Waals surface area contributed by atoms with Crippen LogP contribution in [-0.2, 0) is 28.6 Å². The van der Waals surface area contributed by atoms with Crippen LogP contribution in [0.1, 0.15) is 64.2 Å². The minimum Gasteiger partial charge on any atom is -0.263 e. The van der Waals surface area contributed by atoms with Gasteiger partial charge in [-0.1, -0.05) is 44.6 Å². The highest BCUT2D eigenvalue weighted by Gasteiger charge is 2.27. The van der Waals surface area contributed by atoms with E-state index in [1.165, 1.54) is 18.2 Å². The molecule has 2 aliphatic rings. The van der Waals surface area contributed by atoms with Crippen molar-refractivity contribution < 1.29 is 25.2 Å². The standard InChI is InChI=1S/C18H26O6S2/c19-25(20,23-15-8-3-1-4-9-15)17-12-7-13-18(14-17)26(21,22)24-16-10-5-2-6-11-16/h7,12-16H,1-6,8-11H2. The van der Waals surface area contributed by atoms with Crippen molar-refractivity contribution in [2.45, 2.75) is 86.2 Å². The molecule has 0 heterocycles. The molecule has 0 spiro atoms. The van der Waals surface area contributed by atoms with Gasteiger partial charge in [0.05, 0.1) is 22.0 Å². The number of hydrogen-bond acceptors (Lipinski definition) is 6. The Morgan fingerprint density at radius 2 is 1.04 bits per heavy atom. The van der Waals surface area contributed by atoms with Gasteiger partial charge in [0.1, 0.15) is 0 Å². The number of hydrogen-bond donors (Lipinski definition) is 0. The lowest BCUT2D eigenvalue weighted by molar-refractivity contribution is 0.162. The summed E-state index contributed by atoms with van der Waals surface area (Å²) in [6.45, 7) is 0. The van der Waals surface area contributed by atoms with Gasteiger partial charge in [0.2, 0.25) is 0 Å². The molecule has 6 nitrogen and oxygen atoms in total. The topological polar surface area (TPSA) is 86.7 Å². The van der Waals surface area contributed by atoms with Gasteiger partial charge in [-0.2, -0.15) is 16.8 Å². The van der Waals surface area contributed by atoms with Crippen LogP contribution in [0, 0.1) is 0 Å². The summed E-state index contributed by atoms with van der Waals surface area (Å²) in [4.78, 5) is -0.284. The average Bonchev–Trinajstić information content (AvgIpc) is 2.63. The van der Waals surface area contributed by atoms with Gasteiger partial charge in [-0.3, -0.25) is 8.37 Å². The van der Waals surface area contributed by atoms with E-state index < -0.39 is 20.2 Å². The first-order valence-electron chi connectivity index (χ1n) is 9.33. The van der Waals surface area contributed by atoms with Crippen LogP contribution in [0.4, 0.5) is 0 Å². The second-order valence-electron chi connectivity index (χ2n) is 7.10. The Morgan fingerprint density at radius 1 is 0.654 bits per heavy atom. The largest absolute Gasteiger partial charge is 0.297 e. The Morgan fingerprint density at radius 3 is 1.42 bits per heavy atom. The molecule has 0 amide bonds. The lowest BCUT2D eigenvalue weighted by Crippen LogP contribution is -2.22. The van der Waals surface area contributed by atoms with Crippen LogP contribution in [0.15, 0.2) is 34.1 Å². The summed E-state index contributed by atoms with van der Waals surface area (Å²) in [7, 11) is -7.99. The fourth-order valence-corrected chi connectivity index (χ4v) is 6.01. The second kappa shape index (κ2) is 8.37. The van der Waals surface area contributed by atoms with E-state index in [9.17, 15) is 16.8 Å². The third kappa shape index (κ3) is 5.06. The summed E-state index contributed by atoms with van der Waals surface area (Å²) in [5, 5.41) is 0. The summed E-state index contributed by atoms with van der Waals surface area (Å²) < 4.78 is 60.7. The molecular formula is C18H26O6S2. The predicted octanol–water partition coefficient (Wildman–Crippen LogP) is 3.76. The van der Waals surface area contributed by atoms with Gasteiger partial charge in [-0.15, -0.1) is 0 Å². The Kier molecular flexibility index (Phi) is 6.37. The first kappa shape index (κ1) is 19.8. The Labute approximate surface area is 156 Å². The molecule has 1 aromatic carbocycles. The lowest BCUT2D eigenvalue weighted by Gasteiger charge is -2.22. The molecular weight excluding hydrogens is 376 g/mol. The van der Waals surface area contributed by atoms with Gasteiger partial charge in [-0.25, -0.2) is 0 Å². The summed E-state index contributed by atoms with van der Waals surface area (Å²) in [5.74, 6) is 0. The molecule has 0 aromatic heterocycles. The molecule has 0 bridgehead atoms. The van der Waals surface area contributed by atoms with Gasteiger partial charge in [0, 0.05) is 0 Å². The van der Waals surface area contributed by atoms with Crippen molar-refractivity contribution in [2.75, 3.05) is 0 Å². The van der Waals surface area contributed by atoms with Crippen LogP contribution in [0.5, 0.6) is 0 Å². The molecule has 2 fully saturated rings. The van der Waals surface area contributed by atoms with E-state index in [0.717, 1.165) is 44.6 Å². The highest BCUT2D eigenvalue weighted by molar-refractivity contribution is 7.87. The third-order valence-corrected chi connectivity index (χ3v) is 7.73. The molecule has 26 heavy (non-hydrogen) atoms. The Balaban J connectivity index is 1.76. The minimum atomic E-state index is -4.00. The van der Waals surface area contributed by atoms with Crippen LogP contribution in [0.3, 0.4) is 0 Å². The van der Waals surface area contributed by atoms with Crippen LogP contribution < -0.4 is 0 Å². The zero-order valence-corrected chi connectivity index (χ0v) is 16.4. The van der Waals surface area contributed by atoms with E-state index in [1.54, 1.807) is 0 Å². The molecule has 0 saturated heterocycles. The van der Waals surface area contributed by atoms with Crippen molar-refractivity contribution in [3.8, 4) is 0 Å². The van der Waals surface area contributed by atoms with Gasteiger partial charge in [0.15, 0.2) is 0 Å². The first-order valence-corrected chi connectivity index (χ1v) is 12.2. The highest BCUT2D eigenvalue weighted by Crippen LogP contribution is 2.28. The fraction of sp³-hybridized carbons (Fsp3) is 0.667. The third-order valence-electron chi connectivity index (χ3n) is 5.01. The molecule has 1 aromatic rings. The lowest BCUT2D eigenvalue weighted by atomic mass is 9.98. The van der Waals surface area contributed by atoms with Crippen molar-refractivity contribution in [1.82, 2.24) is 0 Å². The maximum atomic E-state index is 12.5. The maximum absolute atomic E-state index is 12.5. The summed E-state index contributed by atoms with van der Waals surface area (Å²) >= 11 is 0. The first-order chi connectivity index (χ1) is 12.4. The van der Waals surface area contributed by atoms with E-state index in [-0.39, 0.29) is 22.0 Å². The quantitative estimate of drug-likeness (QED) is 0.673. The zero-order valence-electron chi connectivity index (χ0n) is 14.8. The normalized spacial score (nSPS) is 20.9. The predicted molar refractivity (Wildman–Crippen MR) is 96.7 cm³/mol. The van der Waals surface area contributed by atoms with E-state index in [1.807, 2.05) is 0 Å². The van der Waals surface area contributed by atoms with E-state index >= 15 is 0 Å². The summed E-state index contributed by atoms with van der Waals surface area (Å²) in [5.41, 5.74) is 0. The van der Waals surface area contributed by atoms with E-state index in [0.29, 0.717) is 25.7 Å². The maximum Gasteiger partial charge on any atom is 0.297 e. The van der Waals surface area contributed by atoms with Crippen molar-refractivity contribution in [3.05, 3.63) is 24.3 Å². The summed E-state index contributed by atoms with van der Waals surface area (Å²) in [6, 6.07) is 5.26. The zero-order chi connectivity index (χ0) is 18.6. The molecule has 0 unspecified atom stereocenters. The van der Waals surface area contributed by atoms with Crippen molar-refractivity contribution >= 4 is 20.2 Å². The van der Waals surface area contributed by atoms with Crippen molar-refractivity contribution in [1.29, 1.82) is 0 Å². The number of benzene rings is 1. The highest BCUT2D eigenvalue weighted by atomic mass is 32.2. The van der Waals surface area contributed by atoms with E-state index in [2.05, 4.69) is 0 Å². The van der Waals surface area contributed by atoms with Crippen LogP contribution >= 0.6 is 0 Å². The molecule has 146 valence electrons. The molecule has 0 aliphatic heterocycles. The molecule has 2 saturated carbocycles. The smallest absolute Gasteiger partial charge is 0.263 e.